The van der Waals surface area contributed by atoms with E-state index >= 15 is 0 Å². The molecule has 2 saturated heterocycles. The number of carbonyl (C=O) groups is 3. The first kappa shape index (κ1) is 22.4. The summed E-state index contributed by atoms with van der Waals surface area (Å²) in [5, 5.41) is 2.79. The van der Waals surface area contributed by atoms with E-state index in [9.17, 15) is 22.8 Å². The molecule has 0 bridgehead atoms. The number of amides is 3. The molecule has 1 aromatic rings. The average Bonchev–Trinajstić information content (AvgIpc) is 3.04. The van der Waals surface area contributed by atoms with Gasteiger partial charge >= 0.3 is 0 Å². The van der Waals surface area contributed by atoms with Crippen molar-refractivity contribution < 1.29 is 22.8 Å². The van der Waals surface area contributed by atoms with Crippen LogP contribution in [0, 0.1) is 6.92 Å². The summed E-state index contributed by atoms with van der Waals surface area (Å²) in [5.74, 6) is -0.446. The lowest BCUT2D eigenvalue weighted by atomic mass is 10.2. The van der Waals surface area contributed by atoms with Gasteiger partial charge in [0.15, 0.2) is 0 Å². The average molecular weight is 437 g/mol. The number of hydrogen-bond acceptors (Lipinski definition) is 6. The zero-order chi connectivity index (χ0) is 21.7. The lowest BCUT2D eigenvalue weighted by Crippen LogP contribution is -2.51. The van der Waals surface area contributed by atoms with Gasteiger partial charge in [0, 0.05) is 52.1 Å². The van der Waals surface area contributed by atoms with Gasteiger partial charge in [0.1, 0.15) is 0 Å². The van der Waals surface area contributed by atoms with Crippen molar-refractivity contribution in [1.82, 2.24) is 19.4 Å². The second-order valence-corrected chi connectivity index (χ2v) is 9.57. The Morgan fingerprint density at radius 2 is 1.60 bits per heavy atom. The van der Waals surface area contributed by atoms with E-state index in [1.54, 1.807) is 24.3 Å². The molecule has 0 aliphatic carbocycles. The summed E-state index contributed by atoms with van der Waals surface area (Å²) in [6.45, 7) is 4.45. The first-order chi connectivity index (χ1) is 14.3. The molecule has 1 aromatic carbocycles. The standard InChI is InChI=1S/C20H28N4O5S/c1-16-3-5-17(6-4-16)30(28,29)23-13-11-22(12-14-23)15-18(25)21-9-2-10-24-19(26)7-8-20(24)27/h3-6H,2,7-15H2,1H3,(H,21,25). The number of piperazine rings is 1. The first-order valence-electron chi connectivity index (χ1n) is 10.2. The van der Waals surface area contributed by atoms with Crippen molar-refractivity contribution in [3.8, 4) is 0 Å². The largest absolute Gasteiger partial charge is 0.355 e. The highest BCUT2D eigenvalue weighted by Gasteiger charge is 2.29. The Labute approximate surface area is 177 Å². The highest BCUT2D eigenvalue weighted by atomic mass is 32.2. The van der Waals surface area contributed by atoms with Crippen molar-refractivity contribution in [1.29, 1.82) is 0 Å². The number of nitrogens with one attached hydrogen (secondary N) is 1. The third kappa shape index (κ3) is 5.44. The van der Waals surface area contributed by atoms with Crippen LogP contribution in [0.1, 0.15) is 24.8 Å². The lowest BCUT2D eigenvalue weighted by Gasteiger charge is -2.33. The third-order valence-corrected chi connectivity index (χ3v) is 7.31. The molecule has 0 spiro atoms. The number of nitrogens with zero attached hydrogens (tertiary/aromatic N) is 3. The predicted octanol–water partition coefficient (Wildman–Crippen LogP) is -0.0434. The molecule has 0 unspecified atom stereocenters. The van der Waals surface area contributed by atoms with Gasteiger partial charge in [-0.2, -0.15) is 4.31 Å². The molecular formula is C20H28N4O5S. The summed E-state index contributed by atoms with van der Waals surface area (Å²) in [5.41, 5.74) is 1.00. The maximum absolute atomic E-state index is 12.7. The summed E-state index contributed by atoms with van der Waals surface area (Å²) >= 11 is 0. The number of benzene rings is 1. The molecule has 0 aromatic heterocycles. The Bertz CT molecular complexity index is 876. The van der Waals surface area contributed by atoms with Crippen LogP contribution in [0.25, 0.3) is 0 Å². The molecule has 0 radical (unpaired) electrons. The number of imide groups is 1. The quantitative estimate of drug-likeness (QED) is 0.453. The molecule has 164 valence electrons. The summed E-state index contributed by atoms with van der Waals surface area (Å²) in [7, 11) is -3.52. The normalized spacial score (nSPS) is 18.8. The molecule has 2 aliphatic heterocycles. The minimum absolute atomic E-state index is 0.148. The SMILES string of the molecule is Cc1ccc(S(=O)(=O)N2CCN(CC(=O)NCCCN3C(=O)CCC3=O)CC2)cc1. The van der Waals surface area contributed by atoms with Crippen LogP contribution in [-0.4, -0.2) is 86.1 Å². The van der Waals surface area contributed by atoms with E-state index in [2.05, 4.69) is 5.32 Å². The third-order valence-electron chi connectivity index (χ3n) is 5.39. The summed E-state index contributed by atoms with van der Waals surface area (Å²) in [6, 6.07) is 6.80. The predicted molar refractivity (Wildman–Crippen MR) is 110 cm³/mol. The number of aryl methyl sites for hydroxylation is 1. The smallest absolute Gasteiger partial charge is 0.243 e. The van der Waals surface area contributed by atoms with Crippen molar-refractivity contribution in [3.63, 3.8) is 0 Å². The zero-order valence-electron chi connectivity index (χ0n) is 17.2. The second-order valence-electron chi connectivity index (χ2n) is 7.64. The van der Waals surface area contributed by atoms with Crippen LogP contribution in [0.4, 0.5) is 0 Å². The van der Waals surface area contributed by atoms with E-state index < -0.39 is 10.0 Å². The molecule has 2 heterocycles. The highest BCUT2D eigenvalue weighted by Crippen LogP contribution is 2.18. The molecule has 2 fully saturated rings. The molecular weight excluding hydrogens is 408 g/mol. The molecule has 3 rings (SSSR count). The number of likely N-dealkylation sites (tertiary alicyclic amines) is 1. The molecule has 3 amide bonds. The lowest BCUT2D eigenvalue weighted by molar-refractivity contribution is -0.138. The molecule has 2 aliphatic rings. The van der Waals surface area contributed by atoms with Crippen LogP contribution in [0.5, 0.6) is 0 Å². The van der Waals surface area contributed by atoms with Crippen molar-refractivity contribution in [3.05, 3.63) is 29.8 Å². The summed E-state index contributed by atoms with van der Waals surface area (Å²) in [6.07, 6.45) is 1.07. The van der Waals surface area contributed by atoms with Gasteiger partial charge in [0.05, 0.1) is 11.4 Å². The van der Waals surface area contributed by atoms with Gasteiger partial charge < -0.3 is 5.32 Å². The van der Waals surface area contributed by atoms with Gasteiger partial charge in [-0.25, -0.2) is 8.42 Å². The Hall–Kier alpha value is -2.30. The molecule has 30 heavy (non-hydrogen) atoms. The Morgan fingerprint density at radius 1 is 1.00 bits per heavy atom. The number of sulfonamides is 1. The molecule has 10 heteroatoms. The number of hydrogen-bond donors (Lipinski definition) is 1. The van der Waals surface area contributed by atoms with E-state index in [0.717, 1.165) is 5.56 Å². The fraction of sp³-hybridized carbons (Fsp3) is 0.550. The maximum atomic E-state index is 12.7. The van der Waals surface area contributed by atoms with Crippen LogP contribution in [0.2, 0.25) is 0 Å². The van der Waals surface area contributed by atoms with Crippen molar-refractivity contribution >= 4 is 27.7 Å². The number of rotatable bonds is 8. The zero-order valence-corrected chi connectivity index (χ0v) is 18.0. The topological polar surface area (TPSA) is 107 Å². The monoisotopic (exact) mass is 436 g/mol. The molecule has 1 N–H and O–H groups in total. The highest BCUT2D eigenvalue weighted by molar-refractivity contribution is 7.89. The second kappa shape index (κ2) is 9.67. The number of carbonyl (C=O) groups excluding carboxylic acids is 3. The van der Waals surface area contributed by atoms with Crippen molar-refractivity contribution in [2.24, 2.45) is 0 Å². The van der Waals surface area contributed by atoms with Crippen molar-refractivity contribution in [2.45, 2.75) is 31.1 Å². The van der Waals surface area contributed by atoms with Gasteiger partial charge in [0.2, 0.25) is 27.7 Å². The van der Waals surface area contributed by atoms with Crippen LogP contribution in [0.3, 0.4) is 0 Å². The Morgan fingerprint density at radius 3 is 2.20 bits per heavy atom. The molecule has 0 atom stereocenters. The Balaban J connectivity index is 1.38. The van der Waals surface area contributed by atoms with Crippen LogP contribution >= 0.6 is 0 Å². The molecule has 9 nitrogen and oxygen atoms in total. The van der Waals surface area contributed by atoms with E-state index in [1.165, 1.54) is 9.21 Å². The minimum atomic E-state index is -3.52. The first-order valence-corrected chi connectivity index (χ1v) is 11.6. The van der Waals surface area contributed by atoms with Crippen molar-refractivity contribution in [2.75, 3.05) is 45.8 Å². The van der Waals surface area contributed by atoms with E-state index in [4.69, 9.17) is 0 Å². The summed E-state index contributed by atoms with van der Waals surface area (Å²) in [4.78, 5) is 38.7. The van der Waals surface area contributed by atoms with Gasteiger partial charge in [-0.05, 0) is 25.5 Å². The molecule has 0 saturated carbocycles. The van der Waals surface area contributed by atoms with Gasteiger partial charge in [-0.1, -0.05) is 17.7 Å². The van der Waals surface area contributed by atoms with E-state index in [0.29, 0.717) is 45.7 Å². The fourth-order valence-electron chi connectivity index (χ4n) is 3.58. The van der Waals surface area contributed by atoms with E-state index in [1.807, 2.05) is 11.8 Å². The van der Waals surface area contributed by atoms with Gasteiger partial charge in [-0.3, -0.25) is 24.2 Å². The maximum Gasteiger partial charge on any atom is 0.243 e. The van der Waals surface area contributed by atoms with Crippen LogP contribution in [0.15, 0.2) is 29.2 Å². The van der Waals surface area contributed by atoms with Gasteiger partial charge in [-0.15, -0.1) is 0 Å². The fourth-order valence-corrected chi connectivity index (χ4v) is 5.01. The van der Waals surface area contributed by atoms with Crippen LogP contribution in [-0.2, 0) is 24.4 Å². The Kier molecular flexibility index (Phi) is 7.22. The summed E-state index contributed by atoms with van der Waals surface area (Å²) < 4.78 is 26.9. The van der Waals surface area contributed by atoms with Gasteiger partial charge in [0.25, 0.3) is 0 Å². The van der Waals surface area contributed by atoms with Crippen LogP contribution < -0.4 is 5.32 Å². The minimum Gasteiger partial charge on any atom is -0.355 e. The van der Waals surface area contributed by atoms with E-state index in [-0.39, 0.29) is 42.0 Å².